The smallest absolute Gasteiger partial charge is 0.297 e. The molecule has 0 amide bonds. The summed E-state index contributed by atoms with van der Waals surface area (Å²) in [4.78, 5) is 0.105. The van der Waals surface area contributed by atoms with Gasteiger partial charge in [0.25, 0.3) is 10.1 Å². The van der Waals surface area contributed by atoms with E-state index >= 15 is 0 Å². The number of rotatable bonds is 7. The van der Waals surface area contributed by atoms with Gasteiger partial charge in [-0.05, 0) is 51.5 Å². The fraction of sp³-hybridized carbons (Fsp3) is 0.579. The van der Waals surface area contributed by atoms with E-state index in [0.29, 0.717) is 0 Å². The Bertz CT molecular complexity index is 798. The fourth-order valence-electron chi connectivity index (χ4n) is 3.29. The van der Waals surface area contributed by atoms with E-state index in [1.54, 1.807) is 32.1 Å². The molecule has 1 saturated heterocycles. The molecule has 4 atom stereocenters. The molecule has 150 valence electrons. The highest BCUT2D eigenvalue weighted by Crippen LogP contribution is 2.41. The summed E-state index contributed by atoms with van der Waals surface area (Å²) in [5.41, 5.74) is 1.75. The highest BCUT2D eigenvalue weighted by Gasteiger charge is 2.52. The molecule has 0 bridgehead atoms. The number of methoxy groups -OCH3 is 1. The second kappa shape index (κ2) is 7.62. The normalized spacial score (nSPS) is 28.0. The van der Waals surface area contributed by atoms with Gasteiger partial charge in [-0.3, -0.25) is 4.18 Å². The molecule has 1 unspecified atom stereocenters. The minimum Gasteiger partial charge on any atom is -0.359 e. The number of aryl methyl sites for hydroxylation is 1. The number of hydrogen-bond donors (Lipinski definition) is 0. The largest absolute Gasteiger partial charge is 0.359 e. The Balaban J connectivity index is 1.84. The molecule has 2 aliphatic rings. The molecule has 7 nitrogen and oxygen atoms in total. The van der Waals surface area contributed by atoms with Crippen LogP contribution in [0.2, 0.25) is 0 Å². The molecule has 0 N–H and O–H groups in total. The van der Waals surface area contributed by atoms with Gasteiger partial charge in [-0.1, -0.05) is 17.7 Å². The Morgan fingerprint density at radius 2 is 1.85 bits per heavy atom. The van der Waals surface area contributed by atoms with Crippen molar-refractivity contribution in [3.8, 4) is 0 Å². The summed E-state index contributed by atoms with van der Waals surface area (Å²) in [6, 6.07) is 6.52. The maximum atomic E-state index is 12.7. The summed E-state index contributed by atoms with van der Waals surface area (Å²) >= 11 is 0. The quantitative estimate of drug-likeness (QED) is 0.397. The Hall–Kier alpha value is -1.29. The van der Waals surface area contributed by atoms with E-state index in [1.807, 2.05) is 13.8 Å². The SMILES string of the molecule is COCOC(C)C1=C[C@H](OS(=O)(=O)c2ccc(C)cc2)[C@H]2OC(C)(C)O[C@H]12. The predicted octanol–water partition coefficient (Wildman–Crippen LogP) is 2.54. The molecular formula is C19H26O7S. The standard InChI is InChI=1S/C19H26O7S/c1-12-6-8-14(9-7-12)27(20,21)26-16-10-15(13(2)23-11-22-5)17-18(16)25-19(3,4)24-17/h6-10,13,16-18H,11H2,1-5H3/t13?,16-,17+,18+/m0/s1. The van der Waals surface area contributed by atoms with Crippen LogP contribution in [0.5, 0.6) is 0 Å². The van der Waals surface area contributed by atoms with Gasteiger partial charge in [0.2, 0.25) is 0 Å². The first-order valence-corrected chi connectivity index (χ1v) is 10.2. The van der Waals surface area contributed by atoms with Crippen molar-refractivity contribution in [2.75, 3.05) is 13.9 Å². The van der Waals surface area contributed by atoms with Gasteiger partial charge in [-0.2, -0.15) is 8.42 Å². The summed E-state index contributed by atoms with van der Waals surface area (Å²) in [6.45, 7) is 7.44. The average Bonchev–Trinajstić information content (AvgIpc) is 3.06. The molecule has 1 aromatic carbocycles. The first-order chi connectivity index (χ1) is 12.6. The van der Waals surface area contributed by atoms with Gasteiger partial charge in [0.15, 0.2) is 5.79 Å². The first-order valence-electron chi connectivity index (χ1n) is 8.81. The zero-order valence-electron chi connectivity index (χ0n) is 16.2. The number of hydrogen-bond acceptors (Lipinski definition) is 7. The number of fused-ring (bicyclic) bond motifs is 1. The van der Waals surface area contributed by atoms with Crippen LogP contribution in [0.4, 0.5) is 0 Å². The van der Waals surface area contributed by atoms with Crippen LogP contribution in [0.25, 0.3) is 0 Å². The first kappa shape index (κ1) is 20.4. The molecule has 0 aromatic heterocycles. The number of ether oxygens (including phenoxy) is 4. The van der Waals surface area contributed by atoms with E-state index in [0.717, 1.165) is 11.1 Å². The lowest BCUT2D eigenvalue weighted by Gasteiger charge is -2.21. The summed E-state index contributed by atoms with van der Waals surface area (Å²) < 4.78 is 53.4. The van der Waals surface area contributed by atoms with Crippen molar-refractivity contribution in [1.29, 1.82) is 0 Å². The molecule has 27 heavy (non-hydrogen) atoms. The minimum absolute atomic E-state index is 0.105. The van der Waals surface area contributed by atoms with Crippen molar-refractivity contribution in [1.82, 2.24) is 0 Å². The van der Waals surface area contributed by atoms with Gasteiger partial charge < -0.3 is 18.9 Å². The zero-order chi connectivity index (χ0) is 19.8. The van der Waals surface area contributed by atoms with E-state index in [4.69, 9.17) is 23.1 Å². The van der Waals surface area contributed by atoms with Crippen LogP contribution in [0.1, 0.15) is 26.3 Å². The van der Waals surface area contributed by atoms with Crippen molar-refractivity contribution in [3.63, 3.8) is 0 Å². The molecule has 1 aliphatic heterocycles. The average molecular weight is 398 g/mol. The van der Waals surface area contributed by atoms with Crippen LogP contribution in [0, 0.1) is 6.92 Å². The summed E-state index contributed by atoms with van der Waals surface area (Å²) in [5, 5.41) is 0. The van der Waals surface area contributed by atoms with Crippen LogP contribution in [-0.2, 0) is 33.2 Å². The van der Waals surface area contributed by atoms with E-state index in [-0.39, 0.29) is 17.8 Å². The molecule has 0 saturated carbocycles. The monoisotopic (exact) mass is 398 g/mol. The third-order valence-corrected chi connectivity index (χ3v) is 5.92. The topological polar surface area (TPSA) is 80.3 Å². The van der Waals surface area contributed by atoms with Crippen molar-refractivity contribution >= 4 is 10.1 Å². The summed E-state index contributed by atoms with van der Waals surface area (Å²) in [7, 11) is -2.41. The van der Waals surface area contributed by atoms with Crippen LogP contribution >= 0.6 is 0 Å². The van der Waals surface area contributed by atoms with Crippen LogP contribution < -0.4 is 0 Å². The van der Waals surface area contributed by atoms with Gasteiger partial charge >= 0.3 is 0 Å². The van der Waals surface area contributed by atoms with Crippen molar-refractivity contribution in [2.24, 2.45) is 0 Å². The molecule has 3 rings (SSSR count). The second-order valence-electron chi connectivity index (χ2n) is 7.23. The molecule has 1 aliphatic carbocycles. The van der Waals surface area contributed by atoms with E-state index in [1.165, 1.54) is 19.2 Å². The molecule has 0 radical (unpaired) electrons. The Morgan fingerprint density at radius 1 is 1.19 bits per heavy atom. The molecule has 8 heteroatoms. The molecule has 0 spiro atoms. The highest BCUT2D eigenvalue weighted by molar-refractivity contribution is 7.86. The van der Waals surface area contributed by atoms with Gasteiger partial charge in [-0.25, -0.2) is 0 Å². The fourth-order valence-corrected chi connectivity index (χ4v) is 4.33. The molecular weight excluding hydrogens is 372 g/mol. The third kappa shape index (κ3) is 4.42. The number of benzene rings is 1. The molecule has 1 heterocycles. The van der Waals surface area contributed by atoms with Gasteiger partial charge in [-0.15, -0.1) is 0 Å². The third-order valence-electron chi connectivity index (χ3n) is 4.59. The maximum Gasteiger partial charge on any atom is 0.297 e. The van der Waals surface area contributed by atoms with E-state index < -0.39 is 34.2 Å². The zero-order valence-corrected chi connectivity index (χ0v) is 17.0. The van der Waals surface area contributed by atoms with Gasteiger partial charge in [0.05, 0.1) is 11.0 Å². The summed E-state index contributed by atoms with van der Waals surface area (Å²) in [5.74, 6) is -0.842. The van der Waals surface area contributed by atoms with Gasteiger partial charge in [0.1, 0.15) is 25.1 Å². The minimum atomic E-state index is -3.95. The van der Waals surface area contributed by atoms with Gasteiger partial charge in [0, 0.05) is 7.11 Å². The molecule has 1 fully saturated rings. The Labute approximate surface area is 160 Å². The van der Waals surface area contributed by atoms with Crippen molar-refractivity contribution in [3.05, 3.63) is 41.5 Å². The highest BCUT2D eigenvalue weighted by atomic mass is 32.2. The maximum absolute atomic E-state index is 12.7. The van der Waals surface area contributed by atoms with Crippen LogP contribution in [0.3, 0.4) is 0 Å². The van der Waals surface area contributed by atoms with Crippen molar-refractivity contribution < 1.29 is 31.5 Å². The summed E-state index contributed by atoms with van der Waals surface area (Å²) in [6.07, 6.45) is -0.414. The Kier molecular flexibility index (Phi) is 5.77. The lowest BCUT2D eigenvalue weighted by atomic mass is 10.1. The van der Waals surface area contributed by atoms with E-state index in [9.17, 15) is 8.42 Å². The predicted molar refractivity (Wildman–Crippen MR) is 97.6 cm³/mol. The lowest BCUT2D eigenvalue weighted by Crippen LogP contribution is -2.34. The van der Waals surface area contributed by atoms with Crippen LogP contribution in [0.15, 0.2) is 40.8 Å². The van der Waals surface area contributed by atoms with E-state index in [2.05, 4.69) is 0 Å². The van der Waals surface area contributed by atoms with Crippen LogP contribution in [-0.4, -0.2) is 52.5 Å². The van der Waals surface area contributed by atoms with Crippen molar-refractivity contribution in [2.45, 2.75) is 62.8 Å². The molecule has 1 aromatic rings. The second-order valence-corrected chi connectivity index (χ2v) is 8.80. The Morgan fingerprint density at radius 3 is 2.48 bits per heavy atom. The lowest BCUT2D eigenvalue weighted by molar-refractivity contribution is -0.152.